The van der Waals surface area contributed by atoms with Gasteiger partial charge < -0.3 is 29.2 Å². The molecule has 0 spiro atoms. The van der Waals surface area contributed by atoms with Crippen molar-refractivity contribution in [1.82, 2.24) is 29.9 Å². The molecule has 70 heavy (non-hydrogen) atoms. The first kappa shape index (κ1) is 51.3. The molecule has 6 heterocycles. The quantitative estimate of drug-likeness (QED) is 0.0798. The molecule has 0 aliphatic carbocycles. The third-order valence-electron chi connectivity index (χ3n) is 12.8. The van der Waals surface area contributed by atoms with Gasteiger partial charge in [-0.1, -0.05) is 23.2 Å². The first-order valence-electron chi connectivity index (χ1n) is 23.6. The van der Waals surface area contributed by atoms with Crippen LogP contribution in [-0.2, 0) is 47.9 Å². The second-order valence-electron chi connectivity index (χ2n) is 17.4. The van der Waals surface area contributed by atoms with E-state index < -0.39 is 0 Å². The number of nitrogens with zero attached hydrogens (tertiary/aromatic N) is 3. The zero-order valence-electron chi connectivity index (χ0n) is 41.4. The van der Waals surface area contributed by atoms with Gasteiger partial charge in [0.05, 0.1) is 19.8 Å². The average molecular weight is 990 g/mol. The smallest absolute Gasteiger partial charge is 0.306 e. The minimum atomic E-state index is -0.272. The summed E-state index contributed by atoms with van der Waals surface area (Å²) in [5, 5.41) is 7.48. The van der Waals surface area contributed by atoms with Crippen LogP contribution in [0.3, 0.4) is 0 Å². The first-order chi connectivity index (χ1) is 33.4. The monoisotopic (exact) mass is 988 g/mol. The standard InChI is InChI=1S/C19H21ClN2O2.C18H19ClN2O2.C18H19FN2O2/c1-5-24-17(23)7-6-13-11(3)18-14-9-15(20)10(2)8-16(14)22-19(18)21-12(13)4;2*1-4-23-16(22)8-6-13-10(2)17-14-9-12(19)5-7-15(14)21-18(17)20-11(13)3/h8-9H,5-7H2,1-4H3,(H,21,22);2*5,7,9H,4,6,8H2,1-3H3,(H,20,21). The van der Waals surface area contributed by atoms with Crippen molar-refractivity contribution in [3.05, 3.63) is 120 Å². The molecule has 0 atom stereocenters. The maximum absolute atomic E-state index is 13.6. The highest BCUT2D eigenvalue weighted by molar-refractivity contribution is 6.33. The molecule has 3 N–H and O–H groups in total. The lowest BCUT2D eigenvalue weighted by atomic mass is 9.98. The summed E-state index contributed by atoms with van der Waals surface area (Å²) in [7, 11) is 0. The molecule has 0 radical (unpaired) electrons. The van der Waals surface area contributed by atoms with E-state index in [1.54, 1.807) is 13.0 Å². The summed E-state index contributed by atoms with van der Waals surface area (Å²) in [5.74, 6) is -0.829. The molecule has 0 fully saturated rings. The third-order valence-corrected chi connectivity index (χ3v) is 13.5. The predicted octanol–water partition coefficient (Wildman–Crippen LogP) is 13.2. The second-order valence-corrected chi connectivity index (χ2v) is 18.2. The number of hydrogen-bond acceptors (Lipinski definition) is 9. The van der Waals surface area contributed by atoms with Crippen LogP contribution >= 0.6 is 23.2 Å². The lowest BCUT2D eigenvalue weighted by molar-refractivity contribution is -0.144. The number of fused-ring (bicyclic) bond motifs is 9. The van der Waals surface area contributed by atoms with Gasteiger partial charge in [0.15, 0.2) is 0 Å². The molecule has 0 aliphatic heterocycles. The fourth-order valence-electron chi connectivity index (χ4n) is 9.46. The lowest BCUT2D eigenvalue weighted by Gasteiger charge is -2.10. The molecule has 366 valence electrons. The van der Waals surface area contributed by atoms with Crippen molar-refractivity contribution < 1.29 is 33.0 Å². The van der Waals surface area contributed by atoms with Gasteiger partial charge in [0, 0.05) is 95.3 Å². The van der Waals surface area contributed by atoms with Crippen molar-refractivity contribution in [1.29, 1.82) is 0 Å². The SMILES string of the molecule is CCOC(=O)CCc1c(C)nc2[nH]c3cc(C)c(Cl)cc3c2c1C.CCOC(=O)CCc1c(C)nc2[nH]c3ccc(Cl)cc3c2c1C.CCOC(=O)CCc1c(C)nc2[nH]c3ccc(F)cc3c2c1C. The summed E-state index contributed by atoms with van der Waals surface area (Å²) in [4.78, 5) is 58.9. The van der Waals surface area contributed by atoms with E-state index in [9.17, 15) is 18.8 Å². The number of aromatic nitrogens is 6. The third kappa shape index (κ3) is 10.9. The second kappa shape index (κ2) is 22.0. The summed E-state index contributed by atoms with van der Waals surface area (Å²) in [6.45, 7) is 20.7. The molecule has 9 aromatic rings. The van der Waals surface area contributed by atoms with Gasteiger partial charge in [-0.2, -0.15) is 0 Å². The van der Waals surface area contributed by atoms with Crippen LogP contribution in [0.5, 0.6) is 0 Å². The number of halogens is 3. The van der Waals surface area contributed by atoms with E-state index in [-0.39, 0.29) is 23.7 Å². The maximum Gasteiger partial charge on any atom is 0.306 e. The molecule has 0 saturated carbocycles. The number of esters is 3. The van der Waals surface area contributed by atoms with Gasteiger partial charge in [-0.3, -0.25) is 14.4 Å². The number of aromatic amines is 3. The maximum atomic E-state index is 13.6. The van der Waals surface area contributed by atoms with Gasteiger partial charge in [-0.25, -0.2) is 19.3 Å². The lowest BCUT2D eigenvalue weighted by Crippen LogP contribution is -2.07. The fourth-order valence-corrected chi connectivity index (χ4v) is 9.79. The summed E-state index contributed by atoms with van der Waals surface area (Å²) in [5.41, 5.74) is 15.7. The van der Waals surface area contributed by atoms with Gasteiger partial charge in [-0.05, 0) is 176 Å². The van der Waals surface area contributed by atoms with E-state index in [0.717, 1.165) is 127 Å². The van der Waals surface area contributed by atoms with Gasteiger partial charge in [0.2, 0.25) is 0 Å². The molecular formula is C55H59Cl2FN6O6. The van der Waals surface area contributed by atoms with E-state index in [1.807, 2.05) is 78.8 Å². The number of H-pyrrole nitrogens is 3. The van der Waals surface area contributed by atoms with Gasteiger partial charge in [-0.15, -0.1) is 0 Å². The Bertz CT molecular complexity index is 3320. The minimum Gasteiger partial charge on any atom is -0.466 e. The summed E-state index contributed by atoms with van der Waals surface area (Å²) in [6.07, 6.45) is 2.88. The number of pyridine rings is 3. The van der Waals surface area contributed by atoms with Crippen LogP contribution in [0.15, 0.2) is 48.5 Å². The highest BCUT2D eigenvalue weighted by Crippen LogP contribution is 2.35. The molecule has 6 aromatic heterocycles. The first-order valence-corrected chi connectivity index (χ1v) is 24.4. The van der Waals surface area contributed by atoms with Crippen LogP contribution in [0.2, 0.25) is 10.0 Å². The molecule has 0 bridgehead atoms. The zero-order chi connectivity index (χ0) is 50.6. The summed E-state index contributed by atoms with van der Waals surface area (Å²) >= 11 is 12.5. The van der Waals surface area contributed by atoms with Crippen molar-refractivity contribution in [2.45, 2.75) is 108 Å². The van der Waals surface area contributed by atoms with Gasteiger partial charge >= 0.3 is 17.9 Å². The highest BCUT2D eigenvalue weighted by atomic mass is 35.5. The summed E-state index contributed by atoms with van der Waals surface area (Å²) in [6, 6.07) is 14.5. The molecule has 0 aliphatic rings. The summed E-state index contributed by atoms with van der Waals surface area (Å²) < 4.78 is 28.6. The van der Waals surface area contributed by atoms with Crippen molar-refractivity contribution >= 4 is 107 Å². The van der Waals surface area contributed by atoms with Crippen LogP contribution in [0.1, 0.15) is 96.1 Å². The van der Waals surface area contributed by atoms with Crippen LogP contribution < -0.4 is 0 Å². The molecule has 12 nitrogen and oxygen atoms in total. The number of carbonyl (C=O) groups is 3. The molecule has 0 unspecified atom stereocenters. The normalized spacial score (nSPS) is 11.3. The number of benzene rings is 3. The van der Waals surface area contributed by atoms with Gasteiger partial charge in [0.25, 0.3) is 0 Å². The molecule has 3 aromatic carbocycles. The molecule has 0 amide bonds. The molecule has 0 saturated heterocycles. The largest absolute Gasteiger partial charge is 0.466 e. The number of hydrogen-bond donors (Lipinski definition) is 3. The minimum absolute atomic E-state index is 0.172. The van der Waals surface area contributed by atoms with Crippen LogP contribution in [0.25, 0.3) is 65.8 Å². The topological polar surface area (TPSA) is 165 Å². The molecule has 9 rings (SSSR count). The number of nitrogens with one attached hydrogen (secondary N) is 3. The van der Waals surface area contributed by atoms with Gasteiger partial charge in [0.1, 0.15) is 22.8 Å². The van der Waals surface area contributed by atoms with E-state index in [2.05, 4.69) is 38.8 Å². The highest BCUT2D eigenvalue weighted by Gasteiger charge is 2.19. The van der Waals surface area contributed by atoms with Crippen molar-refractivity contribution in [3.8, 4) is 0 Å². The number of ether oxygens (including phenoxy) is 3. The van der Waals surface area contributed by atoms with Crippen molar-refractivity contribution in [3.63, 3.8) is 0 Å². The van der Waals surface area contributed by atoms with E-state index in [4.69, 9.17) is 42.4 Å². The zero-order valence-corrected chi connectivity index (χ0v) is 42.9. The Balaban J connectivity index is 0.000000155. The average Bonchev–Trinajstić information content (AvgIpc) is 3.97. The Labute approximate surface area is 416 Å². The Morgan fingerprint density at radius 3 is 1.30 bits per heavy atom. The van der Waals surface area contributed by atoms with E-state index in [1.165, 1.54) is 12.1 Å². The Morgan fingerprint density at radius 1 is 0.514 bits per heavy atom. The fraction of sp³-hybridized carbons (Fsp3) is 0.345. The predicted molar refractivity (Wildman–Crippen MR) is 279 cm³/mol. The number of aryl methyl sites for hydroxylation is 7. The number of carbonyl (C=O) groups excluding carboxylic acids is 3. The van der Waals surface area contributed by atoms with E-state index in [0.29, 0.717) is 63.4 Å². The van der Waals surface area contributed by atoms with Crippen LogP contribution in [0, 0.1) is 54.3 Å². The molecular weight excluding hydrogens is 931 g/mol. The van der Waals surface area contributed by atoms with Crippen molar-refractivity contribution in [2.75, 3.05) is 19.8 Å². The van der Waals surface area contributed by atoms with Crippen molar-refractivity contribution in [2.24, 2.45) is 0 Å². The number of rotatable bonds is 12. The Hall–Kier alpha value is -6.57. The Morgan fingerprint density at radius 2 is 0.886 bits per heavy atom. The van der Waals surface area contributed by atoms with Crippen LogP contribution in [0.4, 0.5) is 4.39 Å². The van der Waals surface area contributed by atoms with E-state index >= 15 is 0 Å². The molecule has 15 heteroatoms. The Kier molecular flexibility index (Phi) is 16.1. The van der Waals surface area contributed by atoms with Crippen LogP contribution in [-0.4, -0.2) is 67.6 Å².